The van der Waals surface area contributed by atoms with Crippen LogP contribution in [0, 0.1) is 13.8 Å². The first-order chi connectivity index (χ1) is 13.1. The van der Waals surface area contributed by atoms with Gasteiger partial charge < -0.3 is 9.47 Å². The van der Waals surface area contributed by atoms with Gasteiger partial charge in [0.1, 0.15) is 5.82 Å². The Morgan fingerprint density at radius 1 is 1.26 bits per heavy atom. The Morgan fingerprint density at radius 3 is 2.93 bits per heavy atom. The molecule has 1 saturated heterocycles. The second-order valence-electron chi connectivity index (χ2n) is 7.49. The molecule has 1 atom stereocenters. The van der Waals surface area contributed by atoms with Gasteiger partial charge in [-0.15, -0.1) is 0 Å². The van der Waals surface area contributed by atoms with Gasteiger partial charge in [0.25, 0.3) is 5.91 Å². The quantitative estimate of drug-likeness (QED) is 0.705. The third-order valence-electron chi connectivity index (χ3n) is 5.48. The Kier molecular flexibility index (Phi) is 4.68. The zero-order valence-electron chi connectivity index (χ0n) is 16.3. The molecule has 27 heavy (non-hydrogen) atoms. The van der Waals surface area contributed by atoms with E-state index in [0.29, 0.717) is 5.92 Å². The highest BCUT2D eigenvalue weighted by Gasteiger charge is 2.28. The molecule has 0 N–H and O–H groups in total. The van der Waals surface area contributed by atoms with Crippen LogP contribution in [0.2, 0.25) is 0 Å². The highest BCUT2D eigenvalue weighted by Crippen LogP contribution is 2.28. The molecule has 3 aromatic rings. The molecule has 0 radical (unpaired) electrons. The maximum atomic E-state index is 13.4. The van der Waals surface area contributed by atoms with Crippen LogP contribution < -0.4 is 0 Å². The molecule has 2 aromatic heterocycles. The second kappa shape index (κ2) is 7.14. The third kappa shape index (κ3) is 3.34. The Bertz CT molecular complexity index is 991. The fourth-order valence-corrected chi connectivity index (χ4v) is 4.14. The van der Waals surface area contributed by atoms with E-state index in [1.807, 2.05) is 42.4 Å². The average molecular weight is 362 g/mol. The van der Waals surface area contributed by atoms with Gasteiger partial charge in [0.05, 0.1) is 11.1 Å². The first-order valence-corrected chi connectivity index (χ1v) is 9.75. The van der Waals surface area contributed by atoms with Gasteiger partial charge >= 0.3 is 0 Å². The second-order valence-corrected chi connectivity index (χ2v) is 7.49. The van der Waals surface area contributed by atoms with Gasteiger partial charge in [0, 0.05) is 49.0 Å². The van der Waals surface area contributed by atoms with E-state index in [1.54, 1.807) is 0 Å². The number of hydrogen-bond donors (Lipinski definition) is 0. The minimum absolute atomic E-state index is 0.107. The summed E-state index contributed by atoms with van der Waals surface area (Å²) in [6.45, 7) is 8.57. The van der Waals surface area contributed by atoms with Crippen LogP contribution in [0.1, 0.15) is 53.1 Å². The predicted octanol–water partition coefficient (Wildman–Crippen LogP) is 4.09. The number of fused-ring (bicyclic) bond motifs is 1. The van der Waals surface area contributed by atoms with Crippen LogP contribution in [0.25, 0.3) is 10.9 Å². The lowest BCUT2D eigenvalue weighted by molar-refractivity contribution is 0.0705. The van der Waals surface area contributed by atoms with Gasteiger partial charge in [-0.2, -0.15) is 0 Å². The van der Waals surface area contributed by atoms with Crippen molar-refractivity contribution in [2.24, 2.45) is 0 Å². The molecule has 0 saturated carbocycles. The third-order valence-corrected chi connectivity index (χ3v) is 5.48. The Labute approximate surface area is 160 Å². The van der Waals surface area contributed by atoms with E-state index in [4.69, 9.17) is 0 Å². The summed E-state index contributed by atoms with van der Waals surface area (Å²) in [4.78, 5) is 24.6. The summed E-state index contributed by atoms with van der Waals surface area (Å²) in [5.41, 5.74) is 3.67. The molecule has 5 nitrogen and oxygen atoms in total. The summed E-state index contributed by atoms with van der Waals surface area (Å²) >= 11 is 0. The molecular weight excluding hydrogens is 336 g/mol. The number of nitrogens with zero attached hydrogens (tertiary/aromatic N) is 4. The molecule has 0 spiro atoms. The molecule has 140 valence electrons. The first kappa shape index (κ1) is 17.7. The number of rotatable bonds is 3. The minimum atomic E-state index is 0.107. The number of imidazole rings is 1. The number of amides is 1. The number of pyridine rings is 1. The van der Waals surface area contributed by atoms with Gasteiger partial charge in [-0.3, -0.25) is 9.78 Å². The van der Waals surface area contributed by atoms with Gasteiger partial charge in [0.15, 0.2) is 0 Å². The van der Waals surface area contributed by atoms with Crippen molar-refractivity contribution in [2.75, 3.05) is 13.1 Å². The highest BCUT2D eigenvalue weighted by atomic mass is 16.2. The molecule has 1 amide bonds. The lowest BCUT2D eigenvalue weighted by atomic mass is 9.95. The van der Waals surface area contributed by atoms with Crippen molar-refractivity contribution in [1.29, 1.82) is 0 Å². The summed E-state index contributed by atoms with van der Waals surface area (Å²) in [5.74, 6) is 1.51. The largest absolute Gasteiger partial charge is 0.338 e. The van der Waals surface area contributed by atoms with E-state index < -0.39 is 0 Å². The van der Waals surface area contributed by atoms with E-state index in [9.17, 15) is 4.79 Å². The van der Waals surface area contributed by atoms with Crippen LogP contribution in [0.5, 0.6) is 0 Å². The van der Waals surface area contributed by atoms with Crippen LogP contribution in [0.4, 0.5) is 0 Å². The number of piperidine rings is 1. The molecule has 5 heteroatoms. The van der Waals surface area contributed by atoms with Gasteiger partial charge in [-0.1, -0.05) is 11.6 Å². The van der Waals surface area contributed by atoms with Crippen molar-refractivity contribution in [3.63, 3.8) is 0 Å². The summed E-state index contributed by atoms with van der Waals surface area (Å²) in [7, 11) is 0. The maximum Gasteiger partial charge on any atom is 0.254 e. The molecule has 4 rings (SSSR count). The van der Waals surface area contributed by atoms with Crippen LogP contribution >= 0.6 is 0 Å². The number of likely N-dealkylation sites (tertiary alicyclic amines) is 1. The minimum Gasteiger partial charge on any atom is -0.338 e. The molecule has 3 heterocycles. The molecule has 1 aliphatic heterocycles. The molecular formula is C22H26N4O. The number of aryl methyl sites for hydroxylation is 3. The molecule has 0 bridgehead atoms. The van der Waals surface area contributed by atoms with Crippen molar-refractivity contribution in [3.05, 3.63) is 59.3 Å². The van der Waals surface area contributed by atoms with Crippen molar-refractivity contribution >= 4 is 16.8 Å². The fraction of sp³-hybridized carbons (Fsp3) is 0.409. The van der Waals surface area contributed by atoms with Crippen LogP contribution in [0.3, 0.4) is 0 Å². The highest BCUT2D eigenvalue weighted by molar-refractivity contribution is 6.06. The van der Waals surface area contributed by atoms with Gasteiger partial charge in [0.2, 0.25) is 0 Å². The van der Waals surface area contributed by atoms with Crippen molar-refractivity contribution < 1.29 is 4.79 Å². The van der Waals surface area contributed by atoms with E-state index in [2.05, 4.69) is 34.4 Å². The average Bonchev–Trinajstić information content (AvgIpc) is 3.16. The summed E-state index contributed by atoms with van der Waals surface area (Å²) in [6.07, 6.45) is 5.98. The molecule has 0 aliphatic carbocycles. The van der Waals surface area contributed by atoms with Crippen molar-refractivity contribution in [1.82, 2.24) is 19.4 Å². The van der Waals surface area contributed by atoms with Crippen molar-refractivity contribution in [3.8, 4) is 0 Å². The Balaban J connectivity index is 1.67. The molecule has 1 aromatic carbocycles. The van der Waals surface area contributed by atoms with E-state index in [0.717, 1.165) is 66.0 Å². The standard InChI is InChI=1S/C22H26N4O/c1-4-25-11-9-23-21(25)17-6-5-10-26(14-17)22(27)19-13-16(3)24-20-8-7-15(2)12-18(19)20/h7-9,11-13,17H,4-6,10,14H2,1-3H3/t17-/m0/s1. The topological polar surface area (TPSA) is 51.0 Å². The first-order valence-electron chi connectivity index (χ1n) is 9.75. The van der Waals surface area contributed by atoms with Gasteiger partial charge in [-0.05, 0) is 51.8 Å². The summed E-state index contributed by atoms with van der Waals surface area (Å²) in [5, 5.41) is 0.947. The molecule has 0 unspecified atom stereocenters. The molecule has 1 aliphatic rings. The normalized spacial score (nSPS) is 17.4. The van der Waals surface area contributed by atoms with Gasteiger partial charge in [-0.25, -0.2) is 4.98 Å². The van der Waals surface area contributed by atoms with E-state index in [1.165, 1.54) is 0 Å². The summed E-state index contributed by atoms with van der Waals surface area (Å²) < 4.78 is 2.19. The Hall–Kier alpha value is -2.69. The number of carbonyl (C=O) groups excluding carboxylic acids is 1. The predicted molar refractivity (Wildman–Crippen MR) is 107 cm³/mol. The lowest BCUT2D eigenvalue weighted by Crippen LogP contribution is -2.40. The maximum absolute atomic E-state index is 13.4. The SMILES string of the molecule is CCn1ccnc1[C@H]1CCCN(C(=O)c2cc(C)nc3ccc(C)cc23)C1. The van der Waals surface area contributed by atoms with Crippen LogP contribution in [0.15, 0.2) is 36.7 Å². The van der Waals surface area contributed by atoms with E-state index >= 15 is 0 Å². The molecule has 1 fully saturated rings. The van der Waals surface area contributed by atoms with Crippen LogP contribution in [-0.2, 0) is 6.54 Å². The summed E-state index contributed by atoms with van der Waals surface area (Å²) in [6, 6.07) is 8.05. The number of aromatic nitrogens is 3. The fourth-order valence-electron chi connectivity index (χ4n) is 4.14. The zero-order chi connectivity index (χ0) is 19.0. The number of carbonyl (C=O) groups is 1. The Morgan fingerprint density at radius 2 is 2.11 bits per heavy atom. The lowest BCUT2D eigenvalue weighted by Gasteiger charge is -2.33. The zero-order valence-corrected chi connectivity index (χ0v) is 16.3. The van der Waals surface area contributed by atoms with Crippen LogP contribution in [-0.4, -0.2) is 38.4 Å². The monoisotopic (exact) mass is 362 g/mol. The smallest absolute Gasteiger partial charge is 0.254 e. The van der Waals surface area contributed by atoms with Crippen molar-refractivity contribution in [2.45, 2.75) is 46.1 Å². The number of hydrogen-bond acceptors (Lipinski definition) is 3. The van der Waals surface area contributed by atoms with E-state index in [-0.39, 0.29) is 5.91 Å². The number of benzene rings is 1.